The minimum absolute atomic E-state index is 0.0767. The Hall–Kier alpha value is -3.23. The lowest BCUT2D eigenvalue weighted by atomic mass is 10.2. The van der Waals surface area contributed by atoms with Crippen LogP contribution in [0.4, 0.5) is 5.82 Å². The number of aryl methyl sites for hydroxylation is 2. The van der Waals surface area contributed by atoms with E-state index in [0.717, 1.165) is 22.8 Å². The van der Waals surface area contributed by atoms with Crippen LogP contribution in [-0.4, -0.2) is 46.9 Å². The van der Waals surface area contributed by atoms with Gasteiger partial charge in [-0.2, -0.15) is 10.2 Å². The van der Waals surface area contributed by atoms with E-state index in [2.05, 4.69) is 25.5 Å². The number of anilines is 1. The second-order valence-corrected chi connectivity index (χ2v) is 6.69. The van der Waals surface area contributed by atoms with Gasteiger partial charge < -0.3 is 10.2 Å². The summed E-state index contributed by atoms with van der Waals surface area (Å²) >= 11 is 0. The highest BCUT2D eigenvalue weighted by Crippen LogP contribution is 2.15. The van der Waals surface area contributed by atoms with Crippen molar-refractivity contribution in [2.75, 3.05) is 11.9 Å². The fourth-order valence-corrected chi connectivity index (χ4v) is 3.26. The maximum atomic E-state index is 12.7. The molecule has 0 fully saturated rings. The number of hydrogen-bond acceptors (Lipinski definition) is 6. The zero-order valence-corrected chi connectivity index (χ0v) is 15.5. The van der Waals surface area contributed by atoms with Crippen LogP contribution in [0.25, 0.3) is 0 Å². The minimum Gasteiger partial charge on any atom is -0.363 e. The van der Waals surface area contributed by atoms with Gasteiger partial charge in [0.05, 0.1) is 42.9 Å². The predicted molar refractivity (Wildman–Crippen MR) is 98.7 cm³/mol. The van der Waals surface area contributed by atoms with Gasteiger partial charge in [0, 0.05) is 24.6 Å². The normalized spacial score (nSPS) is 13.5. The van der Waals surface area contributed by atoms with E-state index in [1.165, 1.54) is 0 Å². The fourth-order valence-electron chi connectivity index (χ4n) is 3.26. The third kappa shape index (κ3) is 3.81. The molecule has 3 aromatic rings. The molecular formula is C18H22N8O. The van der Waals surface area contributed by atoms with Crippen molar-refractivity contribution >= 4 is 11.7 Å². The van der Waals surface area contributed by atoms with Crippen molar-refractivity contribution in [3.63, 3.8) is 0 Å². The van der Waals surface area contributed by atoms with Crippen molar-refractivity contribution in [3.05, 3.63) is 53.5 Å². The zero-order chi connectivity index (χ0) is 18.8. The molecule has 4 heterocycles. The molecule has 1 amide bonds. The second kappa shape index (κ2) is 7.18. The van der Waals surface area contributed by atoms with Crippen molar-refractivity contribution in [1.82, 2.24) is 34.4 Å². The lowest BCUT2D eigenvalue weighted by Crippen LogP contribution is -2.40. The molecule has 0 bridgehead atoms. The molecule has 140 valence electrons. The van der Waals surface area contributed by atoms with Crippen molar-refractivity contribution in [2.24, 2.45) is 0 Å². The third-order valence-corrected chi connectivity index (χ3v) is 4.60. The molecule has 1 N–H and O–H groups in total. The molecule has 0 saturated carbocycles. The van der Waals surface area contributed by atoms with E-state index in [1.807, 2.05) is 35.6 Å². The number of carbonyl (C=O) groups excluding carboxylic acids is 1. The van der Waals surface area contributed by atoms with Crippen LogP contribution in [0.15, 0.2) is 30.7 Å². The van der Waals surface area contributed by atoms with Gasteiger partial charge in [-0.25, -0.2) is 4.98 Å². The number of hydrogen-bond donors (Lipinski definition) is 1. The Labute approximate surface area is 157 Å². The van der Waals surface area contributed by atoms with E-state index in [0.29, 0.717) is 32.0 Å². The molecule has 0 saturated heterocycles. The molecule has 0 radical (unpaired) electrons. The van der Waals surface area contributed by atoms with Crippen LogP contribution < -0.4 is 5.32 Å². The van der Waals surface area contributed by atoms with Gasteiger partial charge in [0.25, 0.3) is 0 Å². The Morgan fingerprint density at radius 1 is 1.19 bits per heavy atom. The van der Waals surface area contributed by atoms with Crippen LogP contribution in [0.2, 0.25) is 0 Å². The maximum Gasteiger partial charge on any atom is 0.244 e. The zero-order valence-electron chi connectivity index (χ0n) is 15.5. The van der Waals surface area contributed by atoms with Crippen LogP contribution >= 0.6 is 0 Å². The smallest absolute Gasteiger partial charge is 0.244 e. The van der Waals surface area contributed by atoms with Gasteiger partial charge >= 0.3 is 0 Å². The third-order valence-electron chi connectivity index (χ3n) is 4.60. The van der Waals surface area contributed by atoms with E-state index in [-0.39, 0.29) is 12.5 Å². The van der Waals surface area contributed by atoms with Crippen molar-refractivity contribution in [1.29, 1.82) is 0 Å². The van der Waals surface area contributed by atoms with Gasteiger partial charge in [0.15, 0.2) is 0 Å². The number of nitrogens with one attached hydrogen (secondary N) is 1. The summed E-state index contributed by atoms with van der Waals surface area (Å²) in [6, 6.07) is 4.01. The number of aromatic nitrogens is 6. The van der Waals surface area contributed by atoms with E-state index in [1.54, 1.807) is 23.3 Å². The molecule has 4 rings (SSSR count). The van der Waals surface area contributed by atoms with Gasteiger partial charge in [-0.3, -0.25) is 19.1 Å². The quantitative estimate of drug-likeness (QED) is 0.728. The predicted octanol–water partition coefficient (Wildman–Crippen LogP) is 1.14. The molecule has 27 heavy (non-hydrogen) atoms. The summed E-state index contributed by atoms with van der Waals surface area (Å²) in [6.07, 6.45) is 4.96. The lowest BCUT2D eigenvalue weighted by molar-refractivity contribution is -0.133. The molecule has 0 spiro atoms. The summed E-state index contributed by atoms with van der Waals surface area (Å²) in [5, 5.41) is 12.2. The number of amides is 1. The lowest BCUT2D eigenvalue weighted by Gasteiger charge is -2.27. The topological polar surface area (TPSA) is 93.8 Å². The summed E-state index contributed by atoms with van der Waals surface area (Å²) in [5.74, 6) is 0.790. The van der Waals surface area contributed by atoms with Crippen LogP contribution in [0.3, 0.4) is 0 Å². The molecule has 0 unspecified atom stereocenters. The van der Waals surface area contributed by atoms with Gasteiger partial charge in [0.2, 0.25) is 5.91 Å². The highest BCUT2D eigenvalue weighted by Gasteiger charge is 2.23. The maximum absolute atomic E-state index is 12.7. The summed E-state index contributed by atoms with van der Waals surface area (Å²) in [5.41, 5.74) is 3.89. The van der Waals surface area contributed by atoms with Gasteiger partial charge in [-0.1, -0.05) is 0 Å². The Kier molecular flexibility index (Phi) is 4.57. The minimum atomic E-state index is 0.0767. The summed E-state index contributed by atoms with van der Waals surface area (Å²) in [7, 11) is 0. The summed E-state index contributed by atoms with van der Waals surface area (Å²) < 4.78 is 3.74. The molecule has 1 aliphatic rings. The average molecular weight is 366 g/mol. The first-order valence-corrected chi connectivity index (χ1v) is 8.93. The second-order valence-electron chi connectivity index (χ2n) is 6.69. The average Bonchev–Trinajstić information content (AvgIpc) is 3.22. The van der Waals surface area contributed by atoms with Crippen LogP contribution in [-0.2, 0) is 31.0 Å². The van der Waals surface area contributed by atoms with Crippen molar-refractivity contribution in [2.45, 2.75) is 40.0 Å². The first-order valence-electron chi connectivity index (χ1n) is 8.93. The van der Waals surface area contributed by atoms with Crippen molar-refractivity contribution < 1.29 is 4.79 Å². The van der Waals surface area contributed by atoms with Crippen LogP contribution in [0, 0.1) is 13.8 Å². The number of nitrogens with zero attached hydrogens (tertiary/aromatic N) is 7. The largest absolute Gasteiger partial charge is 0.363 e. The summed E-state index contributed by atoms with van der Waals surface area (Å²) in [6.45, 7) is 6.66. The first-order chi connectivity index (χ1) is 13.1. The fraction of sp³-hybridized carbons (Fsp3) is 0.389. The molecule has 0 aliphatic carbocycles. The molecule has 9 heteroatoms. The van der Waals surface area contributed by atoms with E-state index in [4.69, 9.17) is 0 Å². The van der Waals surface area contributed by atoms with E-state index in [9.17, 15) is 4.79 Å². The Morgan fingerprint density at radius 2 is 2.07 bits per heavy atom. The Balaban J connectivity index is 1.38. The van der Waals surface area contributed by atoms with E-state index >= 15 is 0 Å². The van der Waals surface area contributed by atoms with Gasteiger partial charge in [-0.15, -0.1) is 0 Å². The molecule has 3 aromatic heterocycles. The standard InChI is InChI=1S/C18H22N8O/c1-13-7-14(2)26(22-13)12-18(27)24-5-6-25-16(11-24)8-15(23-25)9-21-17-10-19-3-4-20-17/h3-4,7-8,10H,5-6,9,11-12H2,1-2H3,(H,20,21). The Morgan fingerprint density at radius 3 is 2.81 bits per heavy atom. The first kappa shape index (κ1) is 17.2. The molecule has 0 aromatic carbocycles. The molecule has 1 aliphatic heterocycles. The highest BCUT2D eigenvalue weighted by atomic mass is 16.2. The van der Waals surface area contributed by atoms with Gasteiger partial charge in [0.1, 0.15) is 12.4 Å². The molecular weight excluding hydrogens is 344 g/mol. The molecule has 0 atom stereocenters. The number of fused-ring (bicyclic) bond motifs is 1. The monoisotopic (exact) mass is 366 g/mol. The number of rotatable bonds is 5. The van der Waals surface area contributed by atoms with Gasteiger partial charge in [-0.05, 0) is 26.0 Å². The SMILES string of the molecule is Cc1cc(C)n(CC(=O)N2CCn3nc(CNc4cnccn4)cc3C2)n1. The summed E-state index contributed by atoms with van der Waals surface area (Å²) in [4.78, 5) is 22.8. The van der Waals surface area contributed by atoms with Crippen LogP contribution in [0.1, 0.15) is 22.8 Å². The highest BCUT2D eigenvalue weighted by molar-refractivity contribution is 5.76. The van der Waals surface area contributed by atoms with Crippen molar-refractivity contribution in [3.8, 4) is 0 Å². The Bertz CT molecular complexity index is 946. The number of carbonyl (C=O) groups is 1. The molecule has 9 nitrogen and oxygen atoms in total. The van der Waals surface area contributed by atoms with Crippen LogP contribution in [0.5, 0.6) is 0 Å². The van der Waals surface area contributed by atoms with E-state index < -0.39 is 0 Å².